The van der Waals surface area contributed by atoms with Crippen LogP contribution in [0.4, 0.5) is 5.69 Å². The Bertz CT molecular complexity index is 540. The van der Waals surface area contributed by atoms with Crippen molar-refractivity contribution in [1.29, 1.82) is 0 Å². The number of carbonyl (C=O) groups is 1. The number of carbonyl (C=O) groups excluding carboxylic acids is 1. The molecule has 0 aliphatic carbocycles. The summed E-state index contributed by atoms with van der Waals surface area (Å²) in [6, 6.07) is 16.4. The minimum absolute atomic E-state index is 0.0456. The first-order valence-electron chi connectivity index (χ1n) is 5.90. The van der Waals surface area contributed by atoms with Crippen LogP contribution in [0.25, 0.3) is 0 Å². The molecule has 2 aromatic rings. The van der Waals surface area contributed by atoms with Crippen molar-refractivity contribution in [2.24, 2.45) is 0 Å². The van der Waals surface area contributed by atoms with Gasteiger partial charge in [-0.15, -0.1) is 11.8 Å². The number of phenolic OH excluding ortho intramolecular Hbond substituents is 1. The second kappa shape index (κ2) is 6.29. The van der Waals surface area contributed by atoms with Gasteiger partial charge in [0.2, 0.25) is 5.91 Å². The fraction of sp³-hybridized carbons (Fsp3) is 0.133. The fourth-order valence-electron chi connectivity index (χ4n) is 1.58. The van der Waals surface area contributed by atoms with Gasteiger partial charge in [0.05, 0.1) is 5.75 Å². The number of anilines is 1. The molecular formula is C15H15NO2S. The van der Waals surface area contributed by atoms with Crippen LogP contribution in [0.5, 0.6) is 5.75 Å². The topological polar surface area (TPSA) is 40.5 Å². The van der Waals surface area contributed by atoms with Crippen molar-refractivity contribution in [2.45, 2.75) is 4.90 Å². The van der Waals surface area contributed by atoms with Crippen molar-refractivity contribution in [1.82, 2.24) is 0 Å². The number of rotatable bonds is 4. The molecule has 1 amide bonds. The van der Waals surface area contributed by atoms with E-state index in [9.17, 15) is 9.90 Å². The number of nitrogens with zero attached hydrogens (tertiary/aromatic N) is 1. The van der Waals surface area contributed by atoms with Crippen LogP contribution in [0.1, 0.15) is 0 Å². The second-order valence-corrected chi connectivity index (χ2v) is 5.12. The number of thioether (sulfide) groups is 1. The molecule has 19 heavy (non-hydrogen) atoms. The number of benzene rings is 2. The molecule has 0 saturated carbocycles. The maximum absolute atomic E-state index is 12.0. The Hall–Kier alpha value is -1.94. The van der Waals surface area contributed by atoms with E-state index in [1.54, 1.807) is 36.2 Å². The first-order valence-corrected chi connectivity index (χ1v) is 6.89. The number of hydrogen-bond donors (Lipinski definition) is 1. The summed E-state index contributed by atoms with van der Waals surface area (Å²) in [6.07, 6.45) is 0. The third kappa shape index (κ3) is 3.76. The lowest BCUT2D eigenvalue weighted by Crippen LogP contribution is -2.27. The molecule has 0 spiro atoms. The largest absolute Gasteiger partial charge is 0.508 e. The number of para-hydroxylation sites is 1. The predicted octanol–water partition coefficient (Wildman–Crippen LogP) is 3.15. The van der Waals surface area contributed by atoms with Gasteiger partial charge in [-0.1, -0.05) is 18.2 Å². The Morgan fingerprint density at radius 3 is 2.37 bits per heavy atom. The highest BCUT2D eigenvalue weighted by Crippen LogP contribution is 2.21. The molecule has 0 unspecified atom stereocenters. The van der Waals surface area contributed by atoms with Gasteiger partial charge in [-0.2, -0.15) is 0 Å². The van der Waals surface area contributed by atoms with Crippen molar-refractivity contribution in [3.63, 3.8) is 0 Å². The summed E-state index contributed by atoms with van der Waals surface area (Å²) in [6.45, 7) is 0. The van der Waals surface area contributed by atoms with Crippen LogP contribution < -0.4 is 4.90 Å². The van der Waals surface area contributed by atoms with Gasteiger partial charge in [-0.3, -0.25) is 4.79 Å². The lowest BCUT2D eigenvalue weighted by Gasteiger charge is -2.16. The van der Waals surface area contributed by atoms with Crippen molar-refractivity contribution in [3.8, 4) is 5.75 Å². The van der Waals surface area contributed by atoms with Gasteiger partial charge in [-0.25, -0.2) is 0 Å². The Balaban J connectivity index is 1.93. The molecule has 0 fully saturated rings. The van der Waals surface area contributed by atoms with E-state index in [2.05, 4.69) is 0 Å². The van der Waals surface area contributed by atoms with Gasteiger partial charge in [0.15, 0.2) is 0 Å². The zero-order chi connectivity index (χ0) is 13.7. The molecule has 0 heterocycles. The van der Waals surface area contributed by atoms with E-state index >= 15 is 0 Å². The molecule has 4 heteroatoms. The summed E-state index contributed by atoms with van der Waals surface area (Å²) in [5.74, 6) is 0.650. The lowest BCUT2D eigenvalue weighted by atomic mass is 10.3. The third-order valence-electron chi connectivity index (χ3n) is 2.72. The Labute approximate surface area is 116 Å². The zero-order valence-electron chi connectivity index (χ0n) is 10.6. The van der Waals surface area contributed by atoms with Crippen molar-refractivity contribution >= 4 is 23.4 Å². The minimum atomic E-state index is 0.0456. The molecule has 0 aliphatic heterocycles. The van der Waals surface area contributed by atoms with Crippen LogP contribution in [-0.2, 0) is 4.79 Å². The highest BCUT2D eigenvalue weighted by Gasteiger charge is 2.10. The van der Waals surface area contributed by atoms with E-state index in [0.29, 0.717) is 5.75 Å². The molecule has 0 aromatic heterocycles. The van der Waals surface area contributed by atoms with Crippen LogP contribution >= 0.6 is 11.8 Å². The third-order valence-corrected chi connectivity index (χ3v) is 3.71. The summed E-state index contributed by atoms with van der Waals surface area (Å²) >= 11 is 1.46. The maximum atomic E-state index is 12.0. The van der Waals surface area contributed by atoms with Gasteiger partial charge in [0.25, 0.3) is 0 Å². The molecule has 98 valence electrons. The van der Waals surface area contributed by atoms with Crippen LogP contribution in [0.15, 0.2) is 59.5 Å². The van der Waals surface area contributed by atoms with E-state index in [1.165, 1.54) is 11.8 Å². The highest BCUT2D eigenvalue weighted by atomic mass is 32.2. The molecule has 0 aliphatic rings. The smallest absolute Gasteiger partial charge is 0.237 e. The summed E-state index contributed by atoms with van der Waals surface area (Å²) in [7, 11) is 1.77. The van der Waals surface area contributed by atoms with E-state index < -0.39 is 0 Å². The minimum Gasteiger partial charge on any atom is -0.508 e. The molecule has 0 radical (unpaired) electrons. The predicted molar refractivity (Wildman–Crippen MR) is 78.7 cm³/mol. The van der Waals surface area contributed by atoms with Gasteiger partial charge in [0.1, 0.15) is 5.75 Å². The van der Waals surface area contributed by atoms with E-state index in [4.69, 9.17) is 0 Å². The molecule has 3 nitrogen and oxygen atoms in total. The van der Waals surface area contributed by atoms with Crippen molar-refractivity contribution in [2.75, 3.05) is 17.7 Å². The van der Waals surface area contributed by atoms with Gasteiger partial charge < -0.3 is 10.0 Å². The quantitative estimate of drug-likeness (QED) is 0.870. The summed E-state index contributed by atoms with van der Waals surface area (Å²) in [5, 5.41) is 9.19. The van der Waals surface area contributed by atoms with Crippen LogP contribution in [0, 0.1) is 0 Å². The summed E-state index contributed by atoms with van der Waals surface area (Å²) in [4.78, 5) is 14.7. The van der Waals surface area contributed by atoms with Crippen molar-refractivity contribution < 1.29 is 9.90 Å². The summed E-state index contributed by atoms with van der Waals surface area (Å²) < 4.78 is 0. The van der Waals surface area contributed by atoms with E-state index in [0.717, 1.165) is 10.6 Å². The number of hydrogen-bond acceptors (Lipinski definition) is 3. The molecular weight excluding hydrogens is 258 g/mol. The van der Waals surface area contributed by atoms with Gasteiger partial charge in [-0.05, 0) is 36.4 Å². The molecule has 0 saturated heterocycles. The van der Waals surface area contributed by atoms with Crippen molar-refractivity contribution in [3.05, 3.63) is 54.6 Å². The van der Waals surface area contributed by atoms with Gasteiger partial charge >= 0.3 is 0 Å². The number of amides is 1. The monoisotopic (exact) mass is 273 g/mol. The normalized spacial score (nSPS) is 10.2. The first-order chi connectivity index (χ1) is 9.16. The molecule has 0 atom stereocenters. The Morgan fingerprint density at radius 1 is 1.11 bits per heavy atom. The fourth-order valence-corrected chi connectivity index (χ4v) is 2.39. The molecule has 2 rings (SSSR count). The lowest BCUT2D eigenvalue weighted by molar-refractivity contribution is -0.115. The van der Waals surface area contributed by atoms with E-state index in [-0.39, 0.29) is 11.7 Å². The molecule has 1 N–H and O–H groups in total. The Morgan fingerprint density at radius 2 is 1.74 bits per heavy atom. The number of phenols is 1. The summed E-state index contributed by atoms with van der Waals surface area (Å²) in [5.41, 5.74) is 0.888. The molecule has 0 bridgehead atoms. The average molecular weight is 273 g/mol. The Kier molecular flexibility index (Phi) is 4.47. The van der Waals surface area contributed by atoms with Crippen LogP contribution in [0.3, 0.4) is 0 Å². The van der Waals surface area contributed by atoms with E-state index in [1.807, 2.05) is 30.3 Å². The van der Waals surface area contributed by atoms with Gasteiger partial charge in [0, 0.05) is 17.6 Å². The second-order valence-electron chi connectivity index (χ2n) is 4.07. The average Bonchev–Trinajstić information content (AvgIpc) is 2.46. The zero-order valence-corrected chi connectivity index (χ0v) is 11.4. The SMILES string of the molecule is CN(C(=O)CSc1ccc(O)cc1)c1ccccc1. The maximum Gasteiger partial charge on any atom is 0.237 e. The van der Waals surface area contributed by atoms with Crippen LogP contribution in [-0.4, -0.2) is 23.8 Å². The van der Waals surface area contributed by atoms with Crippen LogP contribution in [0.2, 0.25) is 0 Å². The first kappa shape index (κ1) is 13.5. The molecule has 2 aromatic carbocycles. The standard InChI is InChI=1S/C15H15NO2S/c1-16(12-5-3-2-4-6-12)15(18)11-19-14-9-7-13(17)8-10-14/h2-10,17H,11H2,1H3. The highest BCUT2D eigenvalue weighted by molar-refractivity contribution is 8.00. The number of aromatic hydroxyl groups is 1.